The number of aryl methyl sites for hydroxylation is 2. The highest BCUT2D eigenvalue weighted by Gasteiger charge is 2.35. The van der Waals surface area contributed by atoms with Crippen LogP contribution in [0.5, 0.6) is 0 Å². The maximum absolute atomic E-state index is 14.0. The van der Waals surface area contributed by atoms with Crippen molar-refractivity contribution < 1.29 is 9.59 Å². The molecular weight excluding hydrogens is 464 g/mol. The fraction of sp³-hybridized carbons (Fsp3) is 0.379. The first-order valence-corrected chi connectivity index (χ1v) is 12.7. The van der Waals surface area contributed by atoms with E-state index in [9.17, 15) is 9.59 Å². The van der Waals surface area contributed by atoms with Gasteiger partial charge in [0.25, 0.3) is 0 Å². The topological polar surface area (TPSA) is 85.0 Å². The largest absolute Gasteiger partial charge is 0.352 e. The molecule has 194 valence electrons. The molecule has 0 fully saturated rings. The van der Waals surface area contributed by atoms with Crippen molar-refractivity contribution in [2.24, 2.45) is 7.05 Å². The van der Waals surface area contributed by atoms with Gasteiger partial charge in [-0.05, 0) is 63.4 Å². The Kier molecular flexibility index (Phi) is 7.76. The van der Waals surface area contributed by atoms with Crippen molar-refractivity contribution in [1.29, 1.82) is 0 Å². The normalized spacial score (nSPS) is 12.5. The summed E-state index contributed by atoms with van der Waals surface area (Å²) in [5.74, 6) is -0.395. The van der Waals surface area contributed by atoms with E-state index in [1.807, 2.05) is 81.0 Å². The summed E-state index contributed by atoms with van der Waals surface area (Å²) < 4.78 is 3.51. The lowest BCUT2D eigenvalue weighted by Crippen LogP contribution is -2.51. The van der Waals surface area contributed by atoms with Crippen LogP contribution in [0.2, 0.25) is 0 Å². The van der Waals surface area contributed by atoms with E-state index < -0.39 is 11.6 Å². The molecule has 1 N–H and O–H groups in total. The third-order valence-corrected chi connectivity index (χ3v) is 6.92. The van der Waals surface area contributed by atoms with Crippen LogP contribution in [0, 0.1) is 6.92 Å². The van der Waals surface area contributed by atoms with Gasteiger partial charge in [-0.15, -0.1) is 5.10 Å². The summed E-state index contributed by atoms with van der Waals surface area (Å²) in [5.41, 5.74) is 4.12. The van der Waals surface area contributed by atoms with E-state index in [4.69, 9.17) is 0 Å². The smallest absolute Gasteiger partial charge is 0.249 e. The second-order valence-corrected chi connectivity index (χ2v) is 10.2. The molecule has 8 heteroatoms. The Morgan fingerprint density at radius 1 is 1.08 bits per heavy atom. The molecule has 0 radical (unpaired) electrons. The third-order valence-electron chi connectivity index (χ3n) is 6.92. The number of carbonyl (C=O) groups excluding carboxylic acids is 2. The molecule has 1 atom stereocenters. The first-order valence-electron chi connectivity index (χ1n) is 12.7. The van der Waals surface area contributed by atoms with E-state index in [2.05, 4.69) is 40.8 Å². The van der Waals surface area contributed by atoms with Gasteiger partial charge in [0.15, 0.2) is 6.04 Å². The number of hydrogen-bond donors (Lipinski definition) is 1. The maximum atomic E-state index is 14.0. The molecule has 0 bridgehead atoms. The van der Waals surface area contributed by atoms with Crippen LogP contribution in [0.1, 0.15) is 50.1 Å². The SMILES string of the molecule is CCC(C)(C)NC(=O)[C@H](c1cccn1C)N(CCc1cccc(C)c1)C(=O)Cn1nnc2ccccc21. The Bertz CT molecular complexity index is 1390. The molecule has 2 aromatic heterocycles. The molecule has 8 nitrogen and oxygen atoms in total. The average molecular weight is 501 g/mol. The predicted octanol–water partition coefficient (Wildman–Crippen LogP) is 4.20. The van der Waals surface area contributed by atoms with Crippen LogP contribution in [0.15, 0.2) is 66.9 Å². The molecular formula is C29H36N6O2. The molecule has 2 aromatic carbocycles. The predicted molar refractivity (Wildman–Crippen MR) is 145 cm³/mol. The van der Waals surface area contributed by atoms with Gasteiger partial charge < -0.3 is 14.8 Å². The van der Waals surface area contributed by atoms with Gasteiger partial charge in [0, 0.05) is 31.0 Å². The minimum atomic E-state index is -0.794. The molecule has 0 aliphatic heterocycles. The van der Waals surface area contributed by atoms with E-state index in [-0.39, 0.29) is 18.4 Å². The fourth-order valence-electron chi connectivity index (χ4n) is 4.45. The lowest BCUT2D eigenvalue weighted by molar-refractivity contribution is -0.142. The Morgan fingerprint density at radius 2 is 1.86 bits per heavy atom. The zero-order chi connectivity index (χ0) is 26.6. The molecule has 4 aromatic rings. The molecule has 2 heterocycles. The number of nitrogens with zero attached hydrogens (tertiary/aromatic N) is 5. The molecule has 0 aliphatic carbocycles. The number of hydrogen-bond acceptors (Lipinski definition) is 4. The molecule has 0 spiro atoms. The zero-order valence-corrected chi connectivity index (χ0v) is 22.3. The lowest BCUT2D eigenvalue weighted by Gasteiger charge is -2.34. The molecule has 0 saturated carbocycles. The first-order chi connectivity index (χ1) is 17.7. The van der Waals surface area contributed by atoms with Crippen molar-refractivity contribution in [2.45, 2.75) is 58.7 Å². The van der Waals surface area contributed by atoms with Gasteiger partial charge in [0.1, 0.15) is 12.1 Å². The fourth-order valence-corrected chi connectivity index (χ4v) is 4.45. The number of carbonyl (C=O) groups is 2. The Hall–Kier alpha value is -3.94. The van der Waals surface area contributed by atoms with Crippen molar-refractivity contribution in [3.8, 4) is 0 Å². The van der Waals surface area contributed by atoms with Crippen LogP contribution in [-0.2, 0) is 29.6 Å². The summed E-state index contributed by atoms with van der Waals surface area (Å²) in [5, 5.41) is 11.6. The first kappa shape index (κ1) is 26.1. The van der Waals surface area contributed by atoms with Crippen LogP contribution in [0.3, 0.4) is 0 Å². The second kappa shape index (κ2) is 11.0. The van der Waals surface area contributed by atoms with E-state index in [0.717, 1.165) is 34.3 Å². The molecule has 4 rings (SSSR count). The Balaban J connectivity index is 1.71. The van der Waals surface area contributed by atoms with Gasteiger partial charge in [-0.2, -0.15) is 0 Å². The minimum absolute atomic E-state index is 0.0142. The van der Waals surface area contributed by atoms with E-state index in [0.29, 0.717) is 13.0 Å². The summed E-state index contributed by atoms with van der Waals surface area (Å²) in [6.45, 7) is 8.44. The molecule has 0 saturated heterocycles. The number of nitrogens with one attached hydrogen (secondary N) is 1. The number of amides is 2. The summed E-state index contributed by atoms with van der Waals surface area (Å²) >= 11 is 0. The van der Waals surface area contributed by atoms with Crippen molar-refractivity contribution in [3.05, 3.63) is 83.7 Å². The summed E-state index contributed by atoms with van der Waals surface area (Å²) in [7, 11) is 1.90. The van der Waals surface area contributed by atoms with Crippen LogP contribution < -0.4 is 5.32 Å². The molecule has 2 amide bonds. The molecule has 37 heavy (non-hydrogen) atoms. The highest BCUT2D eigenvalue weighted by atomic mass is 16.2. The number of para-hydroxylation sites is 1. The zero-order valence-electron chi connectivity index (χ0n) is 22.3. The molecule has 0 unspecified atom stereocenters. The number of rotatable bonds is 10. The summed E-state index contributed by atoms with van der Waals surface area (Å²) in [6, 6.07) is 18.8. The highest BCUT2D eigenvalue weighted by Crippen LogP contribution is 2.25. The summed E-state index contributed by atoms with van der Waals surface area (Å²) in [4.78, 5) is 29.5. The van der Waals surface area contributed by atoms with Crippen molar-refractivity contribution in [2.75, 3.05) is 6.54 Å². The molecule has 0 aliphatic rings. The van der Waals surface area contributed by atoms with Crippen molar-refractivity contribution in [1.82, 2.24) is 29.8 Å². The minimum Gasteiger partial charge on any atom is -0.352 e. The number of fused-ring (bicyclic) bond motifs is 1. The Labute approximate surface area is 218 Å². The standard InChI is InChI=1S/C29H36N6O2/c1-6-29(3,4)30-28(37)27(25-15-10-17-33(25)5)34(18-16-22-12-9-11-21(2)19-22)26(36)20-35-24-14-8-7-13-23(24)31-32-35/h7-15,17,19,27H,6,16,18,20H2,1-5H3,(H,30,37)/t27-/m0/s1. The average Bonchev–Trinajstić information content (AvgIpc) is 3.47. The van der Waals surface area contributed by atoms with E-state index in [1.54, 1.807) is 9.58 Å². The maximum Gasteiger partial charge on any atom is 0.249 e. The second-order valence-electron chi connectivity index (χ2n) is 10.2. The van der Waals surface area contributed by atoms with Crippen molar-refractivity contribution in [3.63, 3.8) is 0 Å². The van der Waals surface area contributed by atoms with Crippen LogP contribution in [-0.4, -0.2) is 48.4 Å². The number of aromatic nitrogens is 4. The Morgan fingerprint density at radius 3 is 2.57 bits per heavy atom. The monoisotopic (exact) mass is 500 g/mol. The van der Waals surface area contributed by atoms with E-state index in [1.165, 1.54) is 0 Å². The van der Waals surface area contributed by atoms with Crippen LogP contribution >= 0.6 is 0 Å². The third kappa shape index (κ3) is 6.07. The number of benzene rings is 2. The van der Waals surface area contributed by atoms with E-state index >= 15 is 0 Å². The quantitative estimate of drug-likeness (QED) is 0.354. The van der Waals surface area contributed by atoms with Crippen LogP contribution in [0.25, 0.3) is 11.0 Å². The van der Waals surface area contributed by atoms with Crippen molar-refractivity contribution >= 4 is 22.8 Å². The van der Waals surface area contributed by atoms with Gasteiger partial charge >= 0.3 is 0 Å². The van der Waals surface area contributed by atoms with Gasteiger partial charge in [-0.25, -0.2) is 4.68 Å². The van der Waals surface area contributed by atoms with Gasteiger partial charge in [0.2, 0.25) is 11.8 Å². The van der Waals surface area contributed by atoms with Crippen LogP contribution in [0.4, 0.5) is 0 Å². The van der Waals surface area contributed by atoms with Gasteiger partial charge in [-0.3, -0.25) is 9.59 Å². The lowest BCUT2D eigenvalue weighted by atomic mass is 10.00. The van der Waals surface area contributed by atoms with Gasteiger partial charge in [0.05, 0.1) is 5.52 Å². The summed E-state index contributed by atoms with van der Waals surface area (Å²) in [6.07, 6.45) is 3.28. The van der Waals surface area contributed by atoms with Gasteiger partial charge in [-0.1, -0.05) is 54.1 Å². The highest BCUT2D eigenvalue weighted by molar-refractivity contribution is 5.89.